The first-order valence-electron chi connectivity index (χ1n) is 6.31. The van der Waals surface area contributed by atoms with Crippen molar-refractivity contribution in [3.05, 3.63) is 36.2 Å². The average Bonchev–Trinajstić information content (AvgIpc) is 2.89. The van der Waals surface area contributed by atoms with Crippen molar-refractivity contribution in [2.24, 2.45) is 0 Å². The van der Waals surface area contributed by atoms with Crippen LogP contribution in [-0.2, 0) is 4.74 Å². The van der Waals surface area contributed by atoms with Gasteiger partial charge in [0.05, 0.1) is 0 Å². The van der Waals surface area contributed by atoms with E-state index in [-0.39, 0.29) is 0 Å². The lowest BCUT2D eigenvalue weighted by Crippen LogP contribution is -2.14. The molecule has 0 atom stereocenters. The molecule has 1 saturated heterocycles. The van der Waals surface area contributed by atoms with Gasteiger partial charge in [0.1, 0.15) is 5.82 Å². The molecule has 2 aromatic rings. The van der Waals surface area contributed by atoms with Gasteiger partial charge in [-0.05, 0) is 25.0 Å². The molecule has 0 radical (unpaired) electrons. The van der Waals surface area contributed by atoms with Gasteiger partial charge in [0, 0.05) is 42.3 Å². The van der Waals surface area contributed by atoms with Gasteiger partial charge in [0.15, 0.2) is 0 Å². The molecule has 0 amide bonds. The number of hydrogen-bond donors (Lipinski definition) is 2. The van der Waals surface area contributed by atoms with E-state index in [0.29, 0.717) is 5.92 Å². The molecule has 18 heavy (non-hydrogen) atoms. The Balaban J connectivity index is 1.84. The van der Waals surface area contributed by atoms with Crippen molar-refractivity contribution in [1.29, 1.82) is 0 Å². The zero-order valence-corrected chi connectivity index (χ0v) is 10.2. The summed E-state index contributed by atoms with van der Waals surface area (Å²) in [5.74, 6) is 1.44. The van der Waals surface area contributed by atoms with Gasteiger partial charge < -0.3 is 15.5 Å². The number of imidazole rings is 1. The standard InChI is InChI=1S/C14H17N3O/c15-12-3-1-2-11(8-12)14-16-9-13(17-14)10-4-6-18-7-5-10/h1-3,8-10H,4-7,15H2,(H,16,17). The average molecular weight is 243 g/mol. The van der Waals surface area contributed by atoms with Crippen LogP contribution in [0.5, 0.6) is 0 Å². The number of rotatable bonds is 2. The van der Waals surface area contributed by atoms with E-state index in [1.165, 1.54) is 5.69 Å². The summed E-state index contributed by atoms with van der Waals surface area (Å²) in [7, 11) is 0. The van der Waals surface area contributed by atoms with Crippen LogP contribution in [-0.4, -0.2) is 23.2 Å². The monoisotopic (exact) mass is 243 g/mol. The number of benzene rings is 1. The van der Waals surface area contributed by atoms with E-state index in [0.717, 1.165) is 43.1 Å². The SMILES string of the molecule is Nc1cccc(-c2ncc(C3CCOCC3)[nH]2)c1. The number of nitrogens with zero attached hydrogens (tertiary/aromatic N) is 1. The highest BCUT2D eigenvalue weighted by atomic mass is 16.5. The molecule has 1 aromatic heterocycles. The zero-order valence-electron chi connectivity index (χ0n) is 10.2. The number of anilines is 1. The first-order valence-corrected chi connectivity index (χ1v) is 6.31. The predicted molar refractivity (Wildman–Crippen MR) is 71.2 cm³/mol. The largest absolute Gasteiger partial charge is 0.399 e. The summed E-state index contributed by atoms with van der Waals surface area (Å²) in [6.07, 6.45) is 4.08. The van der Waals surface area contributed by atoms with Crippen molar-refractivity contribution in [2.45, 2.75) is 18.8 Å². The molecule has 0 saturated carbocycles. The second kappa shape index (κ2) is 4.82. The van der Waals surface area contributed by atoms with Crippen LogP contribution < -0.4 is 5.73 Å². The number of ether oxygens (including phenoxy) is 1. The third-order valence-electron chi connectivity index (χ3n) is 3.42. The second-order valence-electron chi connectivity index (χ2n) is 4.70. The van der Waals surface area contributed by atoms with Gasteiger partial charge in [0.25, 0.3) is 0 Å². The Hall–Kier alpha value is -1.81. The molecule has 1 aliphatic heterocycles. The van der Waals surface area contributed by atoms with Crippen molar-refractivity contribution < 1.29 is 4.74 Å². The van der Waals surface area contributed by atoms with Crippen molar-refractivity contribution >= 4 is 5.69 Å². The Morgan fingerprint density at radius 1 is 1.28 bits per heavy atom. The lowest BCUT2D eigenvalue weighted by atomic mass is 9.97. The summed E-state index contributed by atoms with van der Waals surface area (Å²) in [5, 5.41) is 0. The fourth-order valence-electron chi connectivity index (χ4n) is 2.38. The molecule has 4 nitrogen and oxygen atoms in total. The van der Waals surface area contributed by atoms with Gasteiger partial charge in [-0.25, -0.2) is 4.98 Å². The molecule has 0 spiro atoms. The van der Waals surface area contributed by atoms with Crippen LogP contribution in [0.15, 0.2) is 30.5 Å². The minimum atomic E-state index is 0.543. The van der Waals surface area contributed by atoms with E-state index < -0.39 is 0 Å². The van der Waals surface area contributed by atoms with E-state index in [9.17, 15) is 0 Å². The number of aromatic amines is 1. The molecule has 1 aromatic carbocycles. The smallest absolute Gasteiger partial charge is 0.137 e. The normalized spacial score (nSPS) is 16.9. The van der Waals surface area contributed by atoms with E-state index in [1.807, 2.05) is 30.5 Å². The molecule has 0 aliphatic carbocycles. The zero-order chi connectivity index (χ0) is 12.4. The van der Waals surface area contributed by atoms with Gasteiger partial charge in [-0.3, -0.25) is 0 Å². The second-order valence-corrected chi connectivity index (χ2v) is 4.70. The molecule has 1 aliphatic rings. The number of hydrogen-bond acceptors (Lipinski definition) is 3. The van der Waals surface area contributed by atoms with Crippen molar-refractivity contribution in [1.82, 2.24) is 9.97 Å². The number of aromatic nitrogens is 2. The molecule has 94 valence electrons. The quantitative estimate of drug-likeness (QED) is 0.797. The summed E-state index contributed by atoms with van der Waals surface area (Å²) >= 11 is 0. The highest BCUT2D eigenvalue weighted by Gasteiger charge is 2.18. The lowest BCUT2D eigenvalue weighted by molar-refractivity contribution is 0.0846. The Kier molecular flexibility index (Phi) is 3.02. The van der Waals surface area contributed by atoms with Crippen LogP contribution in [0.1, 0.15) is 24.5 Å². The summed E-state index contributed by atoms with van der Waals surface area (Å²) in [4.78, 5) is 7.85. The fourth-order valence-corrected chi connectivity index (χ4v) is 2.38. The lowest BCUT2D eigenvalue weighted by Gasteiger charge is -2.20. The molecule has 3 N–H and O–H groups in total. The van der Waals surface area contributed by atoms with Gasteiger partial charge in [0.2, 0.25) is 0 Å². The van der Waals surface area contributed by atoms with Crippen LogP contribution in [0.3, 0.4) is 0 Å². The Bertz CT molecular complexity index is 529. The third-order valence-corrected chi connectivity index (χ3v) is 3.42. The minimum absolute atomic E-state index is 0.543. The Labute approximate surface area is 106 Å². The van der Waals surface area contributed by atoms with Gasteiger partial charge in [-0.1, -0.05) is 12.1 Å². The molecular weight excluding hydrogens is 226 g/mol. The topological polar surface area (TPSA) is 63.9 Å². The first kappa shape index (κ1) is 11.3. The number of H-pyrrole nitrogens is 1. The molecule has 4 heteroatoms. The predicted octanol–water partition coefficient (Wildman–Crippen LogP) is 2.55. The number of nitrogen functional groups attached to an aromatic ring is 1. The first-order chi connectivity index (χ1) is 8.83. The number of nitrogens with one attached hydrogen (secondary N) is 1. The van der Waals surface area contributed by atoms with Crippen LogP contribution in [0.2, 0.25) is 0 Å². The maximum absolute atomic E-state index is 5.79. The third kappa shape index (κ3) is 2.24. The highest BCUT2D eigenvalue weighted by Crippen LogP contribution is 2.27. The van der Waals surface area contributed by atoms with Crippen molar-refractivity contribution in [3.8, 4) is 11.4 Å². The summed E-state index contributed by atoms with van der Waals surface area (Å²) in [5.41, 5.74) is 8.79. The molecule has 2 heterocycles. The van der Waals surface area contributed by atoms with Gasteiger partial charge in [-0.15, -0.1) is 0 Å². The van der Waals surface area contributed by atoms with Crippen LogP contribution in [0.4, 0.5) is 5.69 Å². The molecular formula is C14H17N3O. The number of nitrogens with two attached hydrogens (primary N) is 1. The van der Waals surface area contributed by atoms with Crippen LogP contribution in [0.25, 0.3) is 11.4 Å². The van der Waals surface area contributed by atoms with E-state index >= 15 is 0 Å². The van der Waals surface area contributed by atoms with Gasteiger partial charge in [-0.2, -0.15) is 0 Å². The van der Waals surface area contributed by atoms with E-state index in [1.54, 1.807) is 0 Å². The van der Waals surface area contributed by atoms with Crippen molar-refractivity contribution in [2.75, 3.05) is 18.9 Å². The fraction of sp³-hybridized carbons (Fsp3) is 0.357. The minimum Gasteiger partial charge on any atom is -0.399 e. The maximum Gasteiger partial charge on any atom is 0.137 e. The Morgan fingerprint density at radius 3 is 2.89 bits per heavy atom. The summed E-state index contributed by atoms with van der Waals surface area (Å²) in [6, 6.07) is 7.78. The summed E-state index contributed by atoms with van der Waals surface area (Å²) in [6.45, 7) is 1.69. The molecule has 0 unspecified atom stereocenters. The maximum atomic E-state index is 5.79. The molecule has 3 rings (SSSR count). The van der Waals surface area contributed by atoms with E-state index in [4.69, 9.17) is 10.5 Å². The summed E-state index contributed by atoms with van der Waals surface area (Å²) < 4.78 is 5.38. The van der Waals surface area contributed by atoms with Gasteiger partial charge >= 0.3 is 0 Å². The van der Waals surface area contributed by atoms with Crippen LogP contribution in [0, 0.1) is 0 Å². The van der Waals surface area contributed by atoms with E-state index in [2.05, 4.69) is 9.97 Å². The highest BCUT2D eigenvalue weighted by molar-refractivity contribution is 5.61. The molecule has 0 bridgehead atoms. The van der Waals surface area contributed by atoms with Crippen LogP contribution >= 0.6 is 0 Å². The van der Waals surface area contributed by atoms with Crippen molar-refractivity contribution in [3.63, 3.8) is 0 Å². The molecule has 1 fully saturated rings. The Morgan fingerprint density at radius 2 is 2.11 bits per heavy atom.